The molecule has 3 rings (SSSR count). The molecule has 2 fully saturated rings. The van der Waals surface area contributed by atoms with E-state index in [-0.39, 0.29) is 11.2 Å². The maximum Gasteiger partial charge on any atom is 0.494 e. The maximum atomic E-state index is 6.30. The molecular formula is C18H27BClNO4. The van der Waals surface area contributed by atoms with Crippen molar-refractivity contribution in [1.82, 2.24) is 4.90 Å². The number of rotatable bonds is 5. The van der Waals surface area contributed by atoms with Gasteiger partial charge in [-0.05, 0) is 45.3 Å². The van der Waals surface area contributed by atoms with Gasteiger partial charge >= 0.3 is 7.12 Å². The molecule has 0 saturated carbocycles. The van der Waals surface area contributed by atoms with Gasteiger partial charge in [0.2, 0.25) is 0 Å². The largest absolute Gasteiger partial charge is 0.494 e. The molecule has 1 aromatic rings. The van der Waals surface area contributed by atoms with Crippen LogP contribution in [0.5, 0.6) is 5.75 Å². The Morgan fingerprint density at radius 2 is 1.76 bits per heavy atom. The first kappa shape index (κ1) is 19.0. The molecule has 0 unspecified atom stereocenters. The highest BCUT2D eigenvalue weighted by Gasteiger charge is 2.51. The van der Waals surface area contributed by atoms with E-state index in [1.807, 2.05) is 45.9 Å². The van der Waals surface area contributed by atoms with Crippen molar-refractivity contribution in [3.8, 4) is 5.75 Å². The standard InChI is InChI=1S/C18H27BClNO4/c1-17(2)18(3,4)25-19(24-17)14-5-6-15(20)16(13-14)23-12-9-21-7-10-22-11-8-21/h5-6,13H,7-12H2,1-4H3. The molecule has 2 heterocycles. The van der Waals surface area contributed by atoms with Crippen LogP contribution in [-0.4, -0.2) is 62.7 Å². The molecule has 0 N–H and O–H groups in total. The van der Waals surface area contributed by atoms with Gasteiger partial charge in [0.05, 0.1) is 29.4 Å². The van der Waals surface area contributed by atoms with Crippen LogP contribution in [-0.2, 0) is 14.0 Å². The summed E-state index contributed by atoms with van der Waals surface area (Å²) in [6.45, 7) is 13.1. The highest BCUT2D eigenvalue weighted by atomic mass is 35.5. The van der Waals surface area contributed by atoms with E-state index in [0.29, 0.717) is 17.4 Å². The average molecular weight is 368 g/mol. The Hall–Kier alpha value is -0.785. The molecule has 2 saturated heterocycles. The molecule has 0 aromatic heterocycles. The molecule has 2 aliphatic rings. The summed E-state index contributed by atoms with van der Waals surface area (Å²) in [5.74, 6) is 0.669. The van der Waals surface area contributed by atoms with Gasteiger partial charge in [0.15, 0.2) is 0 Å². The van der Waals surface area contributed by atoms with Crippen molar-refractivity contribution < 1.29 is 18.8 Å². The van der Waals surface area contributed by atoms with E-state index in [4.69, 9.17) is 30.4 Å². The van der Waals surface area contributed by atoms with Crippen molar-refractivity contribution >= 4 is 24.2 Å². The van der Waals surface area contributed by atoms with Crippen LogP contribution in [0.4, 0.5) is 0 Å². The van der Waals surface area contributed by atoms with Gasteiger partial charge in [-0.25, -0.2) is 0 Å². The number of nitrogens with zero attached hydrogens (tertiary/aromatic N) is 1. The van der Waals surface area contributed by atoms with Crippen LogP contribution in [0.15, 0.2) is 18.2 Å². The number of hydrogen-bond acceptors (Lipinski definition) is 5. The van der Waals surface area contributed by atoms with Crippen molar-refractivity contribution in [3.63, 3.8) is 0 Å². The summed E-state index contributed by atoms with van der Waals surface area (Å²) in [5, 5.41) is 0.599. The van der Waals surface area contributed by atoms with Crippen molar-refractivity contribution in [3.05, 3.63) is 23.2 Å². The minimum Gasteiger partial charge on any atom is -0.491 e. The normalized spacial score (nSPS) is 23.0. The van der Waals surface area contributed by atoms with Gasteiger partial charge in [-0.15, -0.1) is 0 Å². The van der Waals surface area contributed by atoms with E-state index in [1.165, 1.54) is 0 Å². The first-order valence-electron chi connectivity index (χ1n) is 8.86. The SMILES string of the molecule is CC1(C)OB(c2ccc(Cl)c(OCCN3CCOCC3)c2)OC1(C)C. The molecule has 25 heavy (non-hydrogen) atoms. The quantitative estimate of drug-likeness (QED) is 0.747. The van der Waals surface area contributed by atoms with Gasteiger partial charge in [0.1, 0.15) is 12.4 Å². The fourth-order valence-corrected chi connectivity index (χ4v) is 3.04. The lowest BCUT2D eigenvalue weighted by atomic mass is 9.79. The highest BCUT2D eigenvalue weighted by molar-refractivity contribution is 6.62. The van der Waals surface area contributed by atoms with Crippen molar-refractivity contribution in [2.75, 3.05) is 39.5 Å². The number of benzene rings is 1. The lowest BCUT2D eigenvalue weighted by molar-refractivity contribution is 0.00578. The number of ether oxygens (including phenoxy) is 2. The van der Waals surface area contributed by atoms with Gasteiger partial charge in [-0.1, -0.05) is 17.7 Å². The van der Waals surface area contributed by atoms with Crippen LogP contribution in [0.1, 0.15) is 27.7 Å². The van der Waals surface area contributed by atoms with Crippen molar-refractivity contribution in [2.45, 2.75) is 38.9 Å². The first-order chi connectivity index (χ1) is 11.8. The van der Waals surface area contributed by atoms with E-state index in [9.17, 15) is 0 Å². The Balaban J connectivity index is 1.62. The molecule has 0 amide bonds. The Morgan fingerprint density at radius 3 is 2.40 bits per heavy atom. The zero-order valence-electron chi connectivity index (χ0n) is 15.5. The summed E-state index contributed by atoms with van der Waals surface area (Å²) in [5.41, 5.74) is 0.188. The van der Waals surface area contributed by atoms with Crippen LogP contribution in [0.2, 0.25) is 5.02 Å². The topological polar surface area (TPSA) is 40.2 Å². The summed E-state index contributed by atoms with van der Waals surface area (Å²) in [4.78, 5) is 2.33. The summed E-state index contributed by atoms with van der Waals surface area (Å²) in [6.07, 6.45) is 0. The molecular weight excluding hydrogens is 340 g/mol. The molecule has 138 valence electrons. The van der Waals surface area contributed by atoms with Crippen LogP contribution in [0.25, 0.3) is 0 Å². The molecule has 0 atom stereocenters. The zero-order chi connectivity index (χ0) is 18.1. The van der Waals surface area contributed by atoms with Crippen LogP contribution >= 0.6 is 11.6 Å². The van der Waals surface area contributed by atoms with Crippen LogP contribution in [0.3, 0.4) is 0 Å². The number of morpholine rings is 1. The molecule has 2 aliphatic heterocycles. The van der Waals surface area contributed by atoms with E-state index >= 15 is 0 Å². The highest BCUT2D eigenvalue weighted by Crippen LogP contribution is 2.37. The summed E-state index contributed by atoms with van der Waals surface area (Å²) >= 11 is 6.30. The average Bonchev–Trinajstić information content (AvgIpc) is 2.78. The lowest BCUT2D eigenvalue weighted by Crippen LogP contribution is -2.41. The first-order valence-corrected chi connectivity index (χ1v) is 9.24. The predicted octanol–water partition coefficient (Wildman–Crippen LogP) is 2.35. The number of halogens is 1. The van der Waals surface area contributed by atoms with Gasteiger partial charge < -0.3 is 18.8 Å². The number of hydrogen-bond donors (Lipinski definition) is 0. The summed E-state index contributed by atoms with van der Waals surface area (Å²) in [7, 11) is -0.413. The Kier molecular flexibility index (Phi) is 5.66. The van der Waals surface area contributed by atoms with Crippen LogP contribution in [0, 0.1) is 0 Å². The maximum absolute atomic E-state index is 6.30. The van der Waals surface area contributed by atoms with Gasteiger partial charge in [-0.3, -0.25) is 4.90 Å². The third kappa shape index (κ3) is 4.31. The van der Waals surface area contributed by atoms with Crippen LogP contribution < -0.4 is 10.2 Å². The van der Waals surface area contributed by atoms with E-state index in [0.717, 1.165) is 38.3 Å². The third-order valence-corrected chi connectivity index (χ3v) is 5.56. The minimum atomic E-state index is -0.413. The summed E-state index contributed by atoms with van der Waals surface area (Å²) in [6, 6.07) is 5.69. The molecule has 1 aromatic carbocycles. The Labute approximate surface area is 155 Å². The molecule has 0 spiro atoms. The summed E-state index contributed by atoms with van der Waals surface area (Å²) < 4.78 is 23.5. The molecule has 0 bridgehead atoms. The van der Waals surface area contributed by atoms with Crippen molar-refractivity contribution in [2.24, 2.45) is 0 Å². The van der Waals surface area contributed by atoms with Gasteiger partial charge in [0.25, 0.3) is 0 Å². The predicted molar refractivity (Wildman–Crippen MR) is 99.9 cm³/mol. The van der Waals surface area contributed by atoms with E-state index < -0.39 is 7.12 Å². The van der Waals surface area contributed by atoms with Gasteiger partial charge in [0, 0.05) is 19.6 Å². The lowest BCUT2D eigenvalue weighted by Gasteiger charge is -2.32. The molecule has 0 radical (unpaired) electrons. The van der Waals surface area contributed by atoms with Gasteiger partial charge in [-0.2, -0.15) is 0 Å². The zero-order valence-corrected chi connectivity index (χ0v) is 16.3. The van der Waals surface area contributed by atoms with Crippen molar-refractivity contribution in [1.29, 1.82) is 0 Å². The molecule has 0 aliphatic carbocycles. The fraction of sp³-hybridized carbons (Fsp3) is 0.667. The monoisotopic (exact) mass is 367 g/mol. The fourth-order valence-electron chi connectivity index (χ4n) is 2.87. The second-order valence-corrected chi connectivity index (χ2v) is 7.99. The third-order valence-electron chi connectivity index (χ3n) is 5.25. The van der Waals surface area contributed by atoms with E-state index in [1.54, 1.807) is 0 Å². The Morgan fingerprint density at radius 1 is 1.12 bits per heavy atom. The minimum absolute atomic E-state index is 0.366. The van der Waals surface area contributed by atoms with E-state index in [2.05, 4.69) is 4.90 Å². The molecule has 5 nitrogen and oxygen atoms in total. The second-order valence-electron chi connectivity index (χ2n) is 7.58. The smallest absolute Gasteiger partial charge is 0.491 e. The second kappa shape index (κ2) is 7.45. The molecule has 7 heteroatoms. The Bertz CT molecular complexity index is 589.